The second kappa shape index (κ2) is 7.39. The van der Waals surface area contributed by atoms with Crippen molar-refractivity contribution >= 4 is 17.3 Å². The number of halogens is 1. The largest absolute Gasteiger partial charge is 0.478 e. The van der Waals surface area contributed by atoms with Crippen LogP contribution in [0.15, 0.2) is 12.1 Å². The minimum Gasteiger partial charge on any atom is -0.478 e. The molecule has 7 nitrogen and oxygen atoms in total. The molecule has 1 aromatic carbocycles. The van der Waals surface area contributed by atoms with Gasteiger partial charge in [-0.25, -0.2) is 9.18 Å². The van der Waals surface area contributed by atoms with Crippen LogP contribution >= 0.6 is 0 Å². The monoisotopic (exact) mass is 285 g/mol. The summed E-state index contributed by atoms with van der Waals surface area (Å²) in [6.07, 6.45) is 0.702. The van der Waals surface area contributed by atoms with Gasteiger partial charge in [0.1, 0.15) is 17.1 Å². The van der Waals surface area contributed by atoms with E-state index < -0.39 is 28.0 Å². The molecule has 0 unspecified atom stereocenters. The Morgan fingerprint density at radius 2 is 2.15 bits per heavy atom. The van der Waals surface area contributed by atoms with Crippen molar-refractivity contribution in [1.29, 1.82) is 0 Å². The molecule has 0 atom stereocenters. The van der Waals surface area contributed by atoms with Crippen LogP contribution in [0.1, 0.15) is 23.7 Å². The molecule has 0 heterocycles. The first kappa shape index (κ1) is 15.8. The highest BCUT2D eigenvalue weighted by atomic mass is 19.1. The van der Waals surface area contributed by atoms with Gasteiger partial charge in [-0.3, -0.25) is 10.1 Å². The molecule has 0 aliphatic carbocycles. The zero-order valence-corrected chi connectivity index (χ0v) is 11.0. The maximum atomic E-state index is 13.5. The number of nitrogens with zero attached hydrogens (tertiary/aromatic N) is 1. The van der Waals surface area contributed by atoms with Gasteiger partial charge in [-0.1, -0.05) is 6.92 Å². The van der Waals surface area contributed by atoms with Gasteiger partial charge >= 0.3 is 5.97 Å². The number of carboxylic acid groups (broad SMARTS) is 1. The number of carboxylic acids is 1. The molecule has 0 aromatic heterocycles. The third-order valence-corrected chi connectivity index (χ3v) is 2.61. The molecule has 0 spiro atoms. The Morgan fingerprint density at radius 1 is 1.45 bits per heavy atom. The number of carbonyl (C=O) groups is 1. The number of hydrogen-bond donors (Lipinski definition) is 3. The summed E-state index contributed by atoms with van der Waals surface area (Å²) in [4.78, 5) is 20.9. The minimum atomic E-state index is -1.54. The summed E-state index contributed by atoms with van der Waals surface area (Å²) in [5, 5.41) is 25.5. The number of aromatic carboxylic acids is 1. The van der Waals surface area contributed by atoms with Crippen LogP contribution in [0, 0.1) is 15.9 Å². The molecule has 110 valence electrons. The fourth-order valence-corrected chi connectivity index (χ4v) is 1.63. The molecule has 1 aromatic rings. The maximum absolute atomic E-state index is 13.5. The Hall–Kier alpha value is -2.22. The van der Waals surface area contributed by atoms with Crippen LogP contribution in [-0.2, 0) is 0 Å². The Kier molecular flexibility index (Phi) is 5.85. The van der Waals surface area contributed by atoms with E-state index in [-0.39, 0.29) is 5.69 Å². The van der Waals surface area contributed by atoms with Gasteiger partial charge in [0, 0.05) is 18.7 Å². The van der Waals surface area contributed by atoms with Gasteiger partial charge in [0.05, 0.1) is 4.92 Å². The van der Waals surface area contributed by atoms with Crippen molar-refractivity contribution in [2.24, 2.45) is 0 Å². The third kappa shape index (κ3) is 4.16. The molecule has 0 saturated carbocycles. The van der Waals surface area contributed by atoms with Crippen molar-refractivity contribution in [3.05, 3.63) is 33.6 Å². The first-order valence-electron chi connectivity index (χ1n) is 6.13. The molecule has 0 aliphatic rings. The van der Waals surface area contributed by atoms with E-state index in [2.05, 4.69) is 10.6 Å². The van der Waals surface area contributed by atoms with E-state index in [1.807, 2.05) is 6.92 Å². The summed E-state index contributed by atoms with van der Waals surface area (Å²) >= 11 is 0. The van der Waals surface area contributed by atoms with Gasteiger partial charge in [0.25, 0.3) is 5.69 Å². The number of anilines is 1. The number of nitro benzene ring substituents is 1. The van der Waals surface area contributed by atoms with Crippen molar-refractivity contribution in [2.45, 2.75) is 13.3 Å². The highest BCUT2D eigenvalue weighted by Gasteiger charge is 2.21. The van der Waals surface area contributed by atoms with Gasteiger partial charge in [-0.15, -0.1) is 0 Å². The Bertz CT molecular complexity index is 508. The summed E-state index contributed by atoms with van der Waals surface area (Å²) in [5.74, 6) is -2.54. The normalized spacial score (nSPS) is 10.3. The van der Waals surface area contributed by atoms with Gasteiger partial charge < -0.3 is 15.7 Å². The molecule has 1 rings (SSSR count). The molecule has 8 heteroatoms. The van der Waals surface area contributed by atoms with Crippen molar-refractivity contribution in [2.75, 3.05) is 25.0 Å². The van der Waals surface area contributed by atoms with E-state index in [0.29, 0.717) is 13.0 Å². The zero-order valence-electron chi connectivity index (χ0n) is 11.0. The van der Waals surface area contributed by atoms with Crippen LogP contribution in [0.3, 0.4) is 0 Å². The lowest BCUT2D eigenvalue weighted by molar-refractivity contribution is -0.384. The Morgan fingerprint density at radius 3 is 2.70 bits per heavy atom. The second-order valence-corrected chi connectivity index (χ2v) is 4.05. The summed E-state index contributed by atoms with van der Waals surface area (Å²) < 4.78 is 13.5. The first-order chi connectivity index (χ1) is 9.47. The van der Waals surface area contributed by atoms with E-state index in [1.165, 1.54) is 0 Å². The molecular formula is C12H16FN3O4. The molecule has 3 N–H and O–H groups in total. The zero-order chi connectivity index (χ0) is 15.1. The molecule has 0 saturated heterocycles. The summed E-state index contributed by atoms with van der Waals surface area (Å²) in [6.45, 7) is 3.92. The predicted molar refractivity (Wildman–Crippen MR) is 71.7 cm³/mol. The summed E-state index contributed by atoms with van der Waals surface area (Å²) in [5.41, 5.74) is -1.18. The lowest BCUT2D eigenvalue weighted by Crippen LogP contribution is -2.17. The molecule has 0 amide bonds. The minimum absolute atomic E-state index is 0.0194. The van der Waals surface area contributed by atoms with E-state index >= 15 is 0 Å². The van der Waals surface area contributed by atoms with E-state index in [9.17, 15) is 19.3 Å². The topological polar surface area (TPSA) is 104 Å². The predicted octanol–water partition coefficient (Wildman–Crippen LogP) is 1.84. The van der Waals surface area contributed by atoms with Crippen LogP contribution < -0.4 is 10.6 Å². The van der Waals surface area contributed by atoms with Gasteiger partial charge in [0.2, 0.25) is 0 Å². The molecule has 0 bridgehead atoms. The quantitative estimate of drug-likeness (QED) is 0.382. The number of nitrogens with one attached hydrogen (secondary N) is 2. The lowest BCUT2D eigenvalue weighted by atomic mass is 10.1. The summed E-state index contributed by atoms with van der Waals surface area (Å²) in [7, 11) is 0. The van der Waals surface area contributed by atoms with Crippen molar-refractivity contribution in [3.63, 3.8) is 0 Å². The number of benzene rings is 1. The third-order valence-electron chi connectivity index (χ3n) is 2.61. The molecule has 0 fully saturated rings. The molecular weight excluding hydrogens is 269 g/mol. The average Bonchev–Trinajstić information content (AvgIpc) is 2.37. The number of nitro groups is 1. The highest BCUT2D eigenvalue weighted by Crippen LogP contribution is 2.27. The van der Waals surface area contributed by atoms with Gasteiger partial charge in [0.15, 0.2) is 0 Å². The maximum Gasteiger partial charge on any atom is 0.338 e. The molecule has 0 aliphatic heterocycles. The molecule has 0 radical (unpaired) electrons. The Labute approximate surface area is 114 Å². The smallest absolute Gasteiger partial charge is 0.338 e. The number of rotatable bonds is 8. The van der Waals surface area contributed by atoms with Crippen molar-refractivity contribution in [3.8, 4) is 0 Å². The van der Waals surface area contributed by atoms with Crippen LogP contribution in [-0.4, -0.2) is 35.6 Å². The fourth-order valence-electron chi connectivity index (χ4n) is 1.63. The second-order valence-electron chi connectivity index (χ2n) is 4.05. The number of hydrogen-bond acceptors (Lipinski definition) is 5. The average molecular weight is 285 g/mol. The van der Waals surface area contributed by atoms with Crippen molar-refractivity contribution in [1.82, 2.24) is 5.32 Å². The van der Waals surface area contributed by atoms with Crippen LogP contribution in [0.4, 0.5) is 15.8 Å². The first-order valence-corrected chi connectivity index (χ1v) is 6.13. The molecule has 20 heavy (non-hydrogen) atoms. The Balaban J connectivity index is 2.86. The standard InChI is InChI=1S/C12H16FN3O4/c1-2-14-4-3-5-15-10-7-9(13)8(12(17)18)6-11(10)16(19)20/h6-7,14-15H,2-5H2,1H3,(H,17,18). The van der Waals surface area contributed by atoms with Crippen LogP contribution in [0.25, 0.3) is 0 Å². The fraction of sp³-hybridized carbons (Fsp3) is 0.417. The van der Waals surface area contributed by atoms with Crippen LogP contribution in [0.2, 0.25) is 0 Å². The van der Waals surface area contributed by atoms with E-state index in [1.54, 1.807) is 0 Å². The van der Waals surface area contributed by atoms with Crippen molar-refractivity contribution < 1.29 is 19.2 Å². The van der Waals surface area contributed by atoms with Gasteiger partial charge in [-0.2, -0.15) is 0 Å². The lowest BCUT2D eigenvalue weighted by Gasteiger charge is -2.08. The highest BCUT2D eigenvalue weighted by molar-refractivity contribution is 5.90. The SMILES string of the molecule is CCNCCCNc1cc(F)c(C(=O)O)cc1[N+](=O)[O-]. The van der Waals surface area contributed by atoms with Crippen LogP contribution in [0.5, 0.6) is 0 Å². The van der Waals surface area contributed by atoms with Gasteiger partial charge in [-0.05, 0) is 19.5 Å². The van der Waals surface area contributed by atoms with E-state index in [0.717, 1.165) is 25.2 Å². The summed E-state index contributed by atoms with van der Waals surface area (Å²) in [6, 6.07) is 1.57. The van der Waals surface area contributed by atoms with E-state index in [4.69, 9.17) is 5.11 Å².